The molecule has 5 rings (SSSR count). The summed E-state index contributed by atoms with van der Waals surface area (Å²) in [7, 11) is 0. The van der Waals surface area contributed by atoms with Crippen LogP contribution in [0.3, 0.4) is 0 Å². The predicted octanol–water partition coefficient (Wildman–Crippen LogP) is 13.0. The zero-order chi connectivity index (χ0) is 34.6. The fourth-order valence-electron chi connectivity index (χ4n) is 5.87. The standard InChI is InChI=1S/C40H40N4S5/c1-3-5-7-9-11-31-13-15-33(45-31)37-21-29(19-27(23-41)24-42)39(48-37)35-17-18-36(47-35)40-30(20-28(25-43)26-44)22-38(49-40)34-16-14-32(46-34)12-10-8-6-4-2/h13-22,27-28,39-40H,3-12H2,1-2H3. The van der Waals surface area contributed by atoms with E-state index in [-0.39, 0.29) is 10.5 Å². The van der Waals surface area contributed by atoms with Crippen molar-refractivity contribution in [2.24, 2.45) is 11.8 Å². The fraction of sp³-hybridized carbons (Fsp3) is 0.400. The maximum Gasteiger partial charge on any atom is 0.152 e. The van der Waals surface area contributed by atoms with Gasteiger partial charge >= 0.3 is 0 Å². The quantitative estimate of drug-likeness (QED) is 0.136. The van der Waals surface area contributed by atoms with Crippen molar-refractivity contribution in [2.45, 2.75) is 88.6 Å². The molecule has 2 aliphatic heterocycles. The fourth-order valence-corrected chi connectivity index (χ4v) is 12.2. The number of unbranched alkanes of at least 4 members (excludes halogenated alkanes) is 6. The van der Waals surface area contributed by atoms with Gasteiger partial charge in [-0.25, -0.2) is 0 Å². The number of hydrogen-bond donors (Lipinski definition) is 0. The van der Waals surface area contributed by atoms with E-state index in [9.17, 15) is 21.0 Å². The van der Waals surface area contributed by atoms with E-state index in [1.807, 2.05) is 34.8 Å². The molecule has 0 saturated heterocycles. The average Bonchev–Trinajstić information content (AvgIpc) is 3.96. The largest absolute Gasteiger partial charge is 0.197 e. The van der Waals surface area contributed by atoms with E-state index in [2.05, 4.69) is 86.7 Å². The Morgan fingerprint density at radius 3 is 1.39 bits per heavy atom. The highest BCUT2D eigenvalue weighted by Crippen LogP contribution is 2.57. The van der Waals surface area contributed by atoms with Crippen molar-refractivity contribution < 1.29 is 0 Å². The van der Waals surface area contributed by atoms with Gasteiger partial charge in [0.25, 0.3) is 0 Å². The second-order valence-corrected chi connectivity index (χ2v) is 18.0. The first kappa shape index (κ1) is 37.0. The molecular weight excluding hydrogens is 697 g/mol. The SMILES string of the molecule is CCCCCCc1ccc(C2=CC(=CC(C#N)C#N)C(c3ccc(C4SC(c5ccc(CCCCCC)s5)=CC4=CC(C#N)C#N)s3)S2)s1. The van der Waals surface area contributed by atoms with Crippen LogP contribution in [0, 0.1) is 57.2 Å². The molecule has 0 N–H and O–H groups in total. The number of aryl methyl sites for hydroxylation is 2. The van der Waals surface area contributed by atoms with Gasteiger partial charge in [-0.1, -0.05) is 52.4 Å². The zero-order valence-corrected chi connectivity index (χ0v) is 32.1. The van der Waals surface area contributed by atoms with Gasteiger partial charge in [0.2, 0.25) is 0 Å². The molecule has 4 nitrogen and oxygen atoms in total. The second kappa shape index (κ2) is 18.6. The lowest BCUT2D eigenvalue weighted by atomic mass is 10.0. The molecule has 2 aliphatic rings. The van der Waals surface area contributed by atoms with Crippen molar-refractivity contribution in [1.82, 2.24) is 0 Å². The van der Waals surface area contributed by atoms with E-state index in [1.54, 1.807) is 34.9 Å². The van der Waals surface area contributed by atoms with Crippen molar-refractivity contribution in [2.75, 3.05) is 0 Å². The molecular formula is C40H40N4S5. The summed E-state index contributed by atoms with van der Waals surface area (Å²) in [5, 5.41) is 38.5. The maximum absolute atomic E-state index is 9.62. The van der Waals surface area contributed by atoms with E-state index < -0.39 is 11.8 Å². The topological polar surface area (TPSA) is 95.2 Å². The Kier molecular flexibility index (Phi) is 14.1. The molecule has 0 aliphatic carbocycles. The van der Waals surface area contributed by atoms with Crippen LogP contribution in [0.2, 0.25) is 0 Å². The molecule has 0 saturated carbocycles. The zero-order valence-electron chi connectivity index (χ0n) is 28.0. The Balaban J connectivity index is 1.38. The summed E-state index contributed by atoms with van der Waals surface area (Å²) in [6.45, 7) is 4.47. The minimum absolute atomic E-state index is 0.0159. The summed E-state index contributed by atoms with van der Waals surface area (Å²) in [4.78, 5) is 9.95. The van der Waals surface area contributed by atoms with Crippen LogP contribution in [0.4, 0.5) is 0 Å². The monoisotopic (exact) mass is 736 g/mol. The van der Waals surface area contributed by atoms with E-state index in [0.717, 1.165) is 24.0 Å². The number of rotatable bonds is 16. The van der Waals surface area contributed by atoms with Crippen molar-refractivity contribution in [3.63, 3.8) is 0 Å². The summed E-state index contributed by atoms with van der Waals surface area (Å²) < 4.78 is 0. The van der Waals surface area contributed by atoms with Gasteiger partial charge in [0.05, 0.1) is 34.8 Å². The van der Waals surface area contributed by atoms with Crippen LogP contribution in [-0.2, 0) is 12.8 Å². The van der Waals surface area contributed by atoms with Crippen molar-refractivity contribution in [3.05, 3.63) is 101 Å². The molecule has 5 heterocycles. The molecule has 0 amide bonds. The third kappa shape index (κ3) is 9.70. The molecule has 0 radical (unpaired) electrons. The number of nitriles is 4. The van der Waals surface area contributed by atoms with E-state index >= 15 is 0 Å². The maximum atomic E-state index is 9.62. The van der Waals surface area contributed by atoms with Gasteiger partial charge in [0, 0.05) is 39.1 Å². The van der Waals surface area contributed by atoms with Gasteiger partial charge in [0.1, 0.15) is 0 Å². The molecule has 0 fully saturated rings. The Morgan fingerprint density at radius 1 is 0.571 bits per heavy atom. The average molecular weight is 737 g/mol. The number of nitrogens with zero attached hydrogens (tertiary/aromatic N) is 4. The summed E-state index contributed by atoms with van der Waals surface area (Å²) in [5.74, 6) is -1.62. The van der Waals surface area contributed by atoms with Crippen molar-refractivity contribution >= 4 is 67.3 Å². The number of thioether (sulfide) groups is 2. The van der Waals surface area contributed by atoms with Gasteiger partial charge in [-0.3, -0.25) is 0 Å². The minimum Gasteiger partial charge on any atom is -0.197 e. The Bertz CT molecular complexity index is 1730. The predicted molar refractivity (Wildman–Crippen MR) is 211 cm³/mol. The van der Waals surface area contributed by atoms with Gasteiger partial charge in [-0.15, -0.1) is 57.5 Å². The molecule has 0 aromatic carbocycles. The van der Waals surface area contributed by atoms with Crippen LogP contribution < -0.4 is 0 Å². The first-order valence-electron chi connectivity index (χ1n) is 17.1. The van der Waals surface area contributed by atoms with Crippen LogP contribution in [0.5, 0.6) is 0 Å². The Morgan fingerprint density at radius 2 is 1.00 bits per heavy atom. The van der Waals surface area contributed by atoms with E-state index in [4.69, 9.17) is 0 Å². The molecule has 2 atom stereocenters. The number of hydrogen-bond acceptors (Lipinski definition) is 9. The first-order valence-corrected chi connectivity index (χ1v) is 21.3. The molecule has 0 bridgehead atoms. The molecule has 3 aromatic heterocycles. The molecule has 9 heteroatoms. The molecule has 3 aromatic rings. The van der Waals surface area contributed by atoms with Gasteiger partial charge in [-0.05, 0) is 97.5 Å². The Hall–Kier alpha value is -3.28. The summed E-state index contributed by atoms with van der Waals surface area (Å²) in [6.07, 6.45) is 20.1. The summed E-state index contributed by atoms with van der Waals surface area (Å²) in [6, 6.07) is 21.8. The lowest BCUT2D eigenvalue weighted by Crippen LogP contribution is -1.95. The summed E-state index contributed by atoms with van der Waals surface area (Å²) in [5.41, 5.74) is 1.99. The highest BCUT2D eigenvalue weighted by Gasteiger charge is 2.32. The van der Waals surface area contributed by atoms with E-state index in [0.29, 0.717) is 0 Å². The van der Waals surface area contributed by atoms with Crippen LogP contribution >= 0.6 is 57.5 Å². The van der Waals surface area contributed by atoms with Crippen molar-refractivity contribution in [3.8, 4) is 24.3 Å². The van der Waals surface area contributed by atoms with Crippen molar-refractivity contribution in [1.29, 1.82) is 21.0 Å². The molecule has 49 heavy (non-hydrogen) atoms. The number of thiophene rings is 3. The molecule has 0 spiro atoms. The molecule has 2 unspecified atom stereocenters. The van der Waals surface area contributed by atoms with Crippen LogP contribution in [0.15, 0.2) is 71.8 Å². The Labute approximate surface area is 312 Å². The summed E-state index contributed by atoms with van der Waals surface area (Å²) >= 11 is 9.02. The third-order valence-corrected chi connectivity index (χ3v) is 15.3. The van der Waals surface area contributed by atoms with Crippen LogP contribution in [0.25, 0.3) is 9.81 Å². The van der Waals surface area contributed by atoms with Gasteiger partial charge in [-0.2, -0.15) is 21.0 Å². The van der Waals surface area contributed by atoms with Crippen LogP contribution in [0.1, 0.15) is 105 Å². The number of allylic oxidation sites excluding steroid dienone is 4. The van der Waals surface area contributed by atoms with E-state index in [1.165, 1.54) is 90.4 Å². The minimum atomic E-state index is -0.812. The highest BCUT2D eigenvalue weighted by molar-refractivity contribution is 8.09. The third-order valence-electron chi connectivity index (χ3n) is 8.49. The first-order chi connectivity index (χ1) is 24.0. The highest BCUT2D eigenvalue weighted by atomic mass is 32.2. The second-order valence-electron chi connectivity index (χ2n) is 12.2. The lowest BCUT2D eigenvalue weighted by molar-refractivity contribution is 0.670. The smallest absolute Gasteiger partial charge is 0.152 e. The lowest BCUT2D eigenvalue weighted by Gasteiger charge is -2.12. The molecule has 250 valence electrons. The normalized spacial score (nSPS) is 18.9. The van der Waals surface area contributed by atoms with Gasteiger partial charge < -0.3 is 0 Å². The van der Waals surface area contributed by atoms with Crippen LogP contribution in [-0.4, -0.2) is 0 Å². The van der Waals surface area contributed by atoms with Gasteiger partial charge in [0.15, 0.2) is 11.8 Å².